The second-order valence-electron chi connectivity index (χ2n) is 8.64. The van der Waals surface area contributed by atoms with E-state index in [4.69, 9.17) is 26.1 Å². The van der Waals surface area contributed by atoms with Gasteiger partial charge in [-0.05, 0) is 28.9 Å². The number of rotatable bonds is 6. The fourth-order valence-electron chi connectivity index (χ4n) is 5.24. The molecule has 1 aliphatic rings. The van der Waals surface area contributed by atoms with Crippen molar-refractivity contribution in [1.29, 1.82) is 0 Å². The number of aromatic nitrogens is 2. The molecule has 0 spiro atoms. The molecule has 0 amide bonds. The number of ether oxygens (including phenoxy) is 2. The molecule has 0 N–H and O–H groups in total. The van der Waals surface area contributed by atoms with E-state index in [9.17, 15) is 0 Å². The van der Waals surface area contributed by atoms with E-state index in [1.54, 1.807) is 0 Å². The molecule has 0 aliphatic carbocycles. The molecule has 6 heteroatoms. The largest absolute Gasteiger partial charge is 0.487 e. The molecule has 27 heavy (non-hydrogen) atoms. The Labute approximate surface area is 169 Å². The molecule has 2 aromatic heterocycles. The third-order valence-corrected chi connectivity index (χ3v) is 13.4. The van der Waals surface area contributed by atoms with Crippen molar-refractivity contribution < 1.29 is 9.47 Å². The minimum absolute atomic E-state index is 0.160. The Kier molecular flexibility index (Phi) is 6.23. The molecular formula is C21H33ClN2O2Si. The number of hydrogen-bond acceptors (Lipinski definition) is 3. The number of halogens is 1. The van der Waals surface area contributed by atoms with Gasteiger partial charge in [0.25, 0.3) is 0 Å². The van der Waals surface area contributed by atoms with Crippen LogP contribution in [0.5, 0.6) is 5.75 Å². The first-order valence-corrected chi connectivity index (χ1v) is 12.8. The molecule has 0 atom stereocenters. The van der Waals surface area contributed by atoms with Crippen LogP contribution in [0.4, 0.5) is 0 Å². The van der Waals surface area contributed by atoms with Gasteiger partial charge in [-0.25, -0.2) is 4.98 Å². The summed E-state index contributed by atoms with van der Waals surface area (Å²) in [5, 5.41) is 1.68. The van der Waals surface area contributed by atoms with Gasteiger partial charge in [0, 0.05) is 18.2 Å². The second kappa shape index (κ2) is 8.14. The summed E-state index contributed by atoms with van der Waals surface area (Å²) in [6, 6.07) is 2.12. The Hall–Kier alpha value is -1.04. The summed E-state index contributed by atoms with van der Waals surface area (Å²) in [6.07, 6.45) is 6.00. The van der Waals surface area contributed by atoms with Gasteiger partial charge in [-0.3, -0.25) is 0 Å². The van der Waals surface area contributed by atoms with Crippen molar-refractivity contribution in [1.82, 2.24) is 9.22 Å². The van der Waals surface area contributed by atoms with Gasteiger partial charge < -0.3 is 13.7 Å². The number of pyridine rings is 1. The van der Waals surface area contributed by atoms with Crippen molar-refractivity contribution >= 4 is 30.9 Å². The quantitative estimate of drug-likeness (QED) is 0.528. The summed E-state index contributed by atoms with van der Waals surface area (Å²) in [5.74, 6) is 0.694. The monoisotopic (exact) mass is 408 g/mol. The third kappa shape index (κ3) is 3.54. The van der Waals surface area contributed by atoms with E-state index in [0.29, 0.717) is 27.4 Å². The molecule has 2 aromatic rings. The normalized spacial score (nSPS) is 16.8. The summed E-state index contributed by atoms with van der Waals surface area (Å²) in [4.78, 5) is 4.84. The van der Waals surface area contributed by atoms with Gasteiger partial charge in [-0.1, -0.05) is 53.1 Å². The maximum atomic E-state index is 6.77. The molecule has 0 aromatic carbocycles. The molecule has 150 valence electrons. The van der Waals surface area contributed by atoms with Crippen LogP contribution in [0.15, 0.2) is 18.5 Å². The first kappa shape index (κ1) is 20.7. The van der Waals surface area contributed by atoms with Gasteiger partial charge >= 0.3 is 0 Å². The number of fused-ring (bicyclic) bond motifs is 1. The van der Waals surface area contributed by atoms with E-state index < -0.39 is 8.24 Å². The lowest BCUT2D eigenvalue weighted by molar-refractivity contribution is 0.0255. The van der Waals surface area contributed by atoms with Gasteiger partial charge in [0.2, 0.25) is 0 Å². The van der Waals surface area contributed by atoms with E-state index in [2.05, 4.69) is 58.0 Å². The minimum Gasteiger partial charge on any atom is -0.487 e. The highest BCUT2D eigenvalue weighted by Crippen LogP contribution is 2.45. The van der Waals surface area contributed by atoms with Crippen LogP contribution in [-0.2, 0) is 4.74 Å². The highest BCUT2D eigenvalue weighted by molar-refractivity contribution is 6.82. The Morgan fingerprint density at radius 1 is 1.11 bits per heavy atom. The molecule has 3 heterocycles. The molecule has 1 saturated heterocycles. The fourth-order valence-corrected chi connectivity index (χ4v) is 12.0. The van der Waals surface area contributed by atoms with Crippen molar-refractivity contribution in [2.75, 3.05) is 13.2 Å². The van der Waals surface area contributed by atoms with E-state index in [-0.39, 0.29) is 6.10 Å². The van der Waals surface area contributed by atoms with Crippen molar-refractivity contribution in [3.05, 3.63) is 23.5 Å². The average molecular weight is 409 g/mol. The lowest BCUT2D eigenvalue weighted by Gasteiger charge is -2.44. The zero-order valence-electron chi connectivity index (χ0n) is 17.5. The molecular weight excluding hydrogens is 376 g/mol. The predicted molar refractivity (Wildman–Crippen MR) is 116 cm³/mol. The van der Waals surface area contributed by atoms with Crippen LogP contribution in [0, 0.1) is 0 Å². The van der Waals surface area contributed by atoms with Crippen LogP contribution in [-0.4, -0.2) is 36.8 Å². The first-order valence-electron chi connectivity index (χ1n) is 10.2. The molecule has 0 bridgehead atoms. The highest BCUT2D eigenvalue weighted by atomic mass is 35.5. The van der Waals surface area contributed by atoms with Crippen LogP contribution >= 0.6 is 11.6 Å². The Morgan fingerprint density at radius 2 is 1.70 bits per heavy atom. The predicted octanol–water partition coefficient (Wildman–Crippen LogP) is 6.27. The summed E-state index contributed by atoms with van der Waals surface area (Å²) in [5.41, 5.74) is 2.81. The van der Waals surface area contributed by atoms with Crippen molar-refractivity contribution in [3.63, 3.8) is 0 Å². The SMILES string of the molecule is CC(C)[Si](C(C)C)(C(C)C)n1ccc2c(Cl)c(OC3CCOCC3)cnc21. The highest BCUT2D eigenvalue weighted by Gasteiger charge is 2.46. The smallest absolute Gasteiger partial charge is 0.171 e. The van der Waals surface area contributed by atoms with E-state index in [1.807, 2.05) is 6.20 Å². The maximum Gasteiger partial charge on any atom is 0.171 e. The van der Waals surface area contributed by atoms with Gasteiger partial charge in [-0.2, -0.15) is 0 Å². The summed E-state index contributed by atoms with van der Waals surface area (Å²) < 4.78 is 14.1. The molecule has 1 aliphatic heterocycles. The fraction of sp³-hybridized carbons (Fsp3) is 0.667. The van der Waals surface area contributed by atoms with Gasteiger partial charge in [0.05, 0.1) is 24.4 Å². The molecule has 3 rings (SSSR count). The van der Waals surface area contributed by atoms with Gasteiger partial charge in [0.15, 0.2) is 14.0 Å². The minimum atomic E-state index is -1.86. The van der Waals surface area contributed by atoms with Crippen LogP contribution in [0.1, 0.15) is 54.4 Å². The summed E-state index contributed by atoms with van der Waals surface area (Å²) in [6.45, 7) is 15.7. The number of hydrogen-bond donors (Lipinski definition) is 0. The molecule has 4 nitrogen and oxygen atoms in total. The van der Waals surface area contributed by atoms with Gasteiger partial charge in [-0.15, -0.1) is 0 Å². The van der Waals surface area contributed by atoms with Crippen molar-refractivity contribution in [2.24, 2.45) is 0 Å². The third-order valence-electron chi connectivity index (χ3n) is 6.27. The summed E-state index contributed by atoms with van der Waals surface area (Å²) in [7, 11) is -1.86. The zero-order valence-corrected chi connectivity index (χ0v) is 19.2. The zero-order chi connectivity index (χ0) is 19.8. The Morgan fingerprint density at radius 3 is 2.26 bits per heavy atom. The van der Waals surface area contributed by atoms with Crippen LogP contribution < -0.4 is 4.74 Å². The average Bonchev–Trinajstić information content (AvgIpc) is 3.03. The van der Waals surface area contributed by atoms with Crippen LogP contribution in [0.25, 0.3) is 11.0 Å². The maximum absolute atomic E-state index is 6.77. The second-order valence-corrected chi connectivity index (χ2v) is 14.7. The topological polar surface area (TPSA) is 36.3 Å². The molecule has 0 unspecified atom stereocenters. The number of nitrogens with zero attached hydrogens (tertiary/aromatic N) is 2. The van der Waals surface area contributed by atoms with E-state index >= 15 is 0 Å². The van der Waals surface area contributed by atoms with Gasteiger partial charge in [0.1, 0.15) is 11.8 Å². The molecule has 1 fully saturated rings. The molecule has 0 saturated carbocycles. The van der Waals surface area contributed by atoms with Crippen LogP contribution in [0.3, 0.4) is 0 Å². The Bertz CT molecular complexity index is 760. The standard InChI is InChI=1S/C21H33ClN2O2Si/c1-14(2)27(15(3)4,16(5)6)24-10-7-18-20(22)19(13-23-21(18)24)26-17-8-11-25-12-9-17/h7,10,13-17H,8-9,11-12H2,1-6H3. The lowest BCUT2D eigenvalue weighted by Crippen LogP contribution is -2.51. The van der Waals surface area contributed by atoms with Crippen molar-refractivity contribution in [2.45, 2.75) is 77.1 Å². The van der Waals surface area contributed by atoms with Crippen LogP contribution in [0.2, 0.25) is 21.6 Å². The van der Waals surface area contributed by atoms with E-state index in [1.165, 1.54) is 0 Å². The van der Waals surface area contributed by atoms with E-state index in [0.717, 1.165) is 37.1 Å². The first-order chi connectivity index (χ1) is 12.8. The summed E-state index contributed by atoms with van der Waals surface area (Å²) >= 11 is 6.77. The lowest BCUT2D eigenvalue weighted by atomic mass is 10.1. The van der Waals surface area contributed by atoms with Crippen molar-refractivity contribution in [3.8, 4) is 5.75 Å². The Balaban J connectivity index is 2.05. The molecule has 0 radical (unpaired) electrons.